The molecule has 155 valence electrons. The Balaban J connectivity index is 1.60. The fourth-order valence-electron chi connectivity index (χ4n) is 3.57. The molecule has 1 aliphatic heterocycles. The van der Waals surface area contributed by atoms with E-state index in [-0.39, 0.29) is 11.5 Å². The first-order valence-electron chi connectivity index (χ1n) is 10.1. The van der Waals surface area contributed by atoms with E-state index in [9.17, 15) is 9.59 Å². The number of hydrogen-bond donors (Lipinski definition) is 2. The van der Waals surface area contributed by atoms with Crippen LogP contribution in [0.25, 0.3) is 0 Å². The zero-order chi connectivity index (χ0) is 21.6. The van der Waals surface area contributed by atoms with Crippen molar-refractivity contribution in [2.45, 2.75) is 6.42 Å². The molecule has 3 aromatic rings. The second-order valence-electron chi connectivity index (χ2n) is 7.21. The molecule has 2 amide bonds. The summed E-state index contributed by atoms with van der Waals surface area (Å²) in [4.78, 5) is 31.4. The number of amidine groups is 1. The van der Waals surface area contributed by atoms with Gasteiger partial charge in [-0.3, -0.25) is 14.6 Å². The number of rotatable bonds is 6. The summed E-state index contributed by atoms with van der Waals surface area (Å²) in [7, 11) is 0. The van der Waals surface area contributed by atoms with Gasteiger partial charge in [-0.15, -0.1) is 0 Å². The van der Waals surface area contributed by atoms with E-state index in [0.717, 1.165) is 42.2 Å². The number of primary amides is 1. The molecule has 1 heterocycles. The Labute approximate surface area is 181 Å². The molecular weight excluding hydrogens is 388 g/mol. The van der Waals surface area contributed by atoms with Crippen LogP contribution in [0, 0.1) is 6.42 Å². The van der Waals surface area contributed by atoms with Crippen LogP contribution < -0.4 is 16.0 Å². The lowest BCUT2D eigenvalue weighted by Crippen LogP contribution is -2.36. The number of carbonyl (C=O) groups is 2. The third kappa shape index (κ3) is 4.80. The SMILES string of the molecule is NC(=O)c1cc(N2CCCN=C2c2ccccc2)ccc1NC(=O)[CH]c1ccccc1. The maximum Gasteiger partial charge on any atom is 0.250 e. The van der Waals surface area contributed by atoms with Crippen LogP contribution in [0.2, 0.25) is 0 Å². The second-order valence-corrected chi connectivity index (χ2v) is 7.21. The van der Waals surface area contributed by atoms with Crippen LogP contribution in [0.4, 0.5) is 11.4 Å². The standard InChI is InChI=1S/C25H23N4O2/c26-24(31)21-17-20(29-15-7-14-27-25(29)19-10-5-2-6-11-19)12-13-22(21)28-23(30)16-18-8-3-1-4-9-18/h1-6,8-13,16-17H,7,14-15H2,(H2,26,31)(H,28,30). The van der Waals surface area contributed by atoms with Crippen molar-refractivity contribution < 1.29 is 9.59 Å². The Morgan fingerprint density at radius 3 is 2.39 bits per heavy atom. The third-order valence-electron chi connectivity index (χ3n) is 5.02. The van der Waals surface area contributed by atoms with Crippen molar-refractivity contribution in [1.82, 2.24) is 0 Å². The molecule has 1 radical (unpaired) electrons. The number of amides is 2. The molecule has 0 saturated carbocycles. The number of nitrogens with zero attached hydrogens (tertiary/aromatic N) is 2. The summed E-state index contributed by atoms with van der Waals surface area (Å²) in [6.45, 7) is 1.53. The van der Waals surface area contributed by atoms with Crippen molar-refractivity contribution in [2.24, 2.45) is 10.7 Å². The minimum Gasteiger partial charge on any atom is -0.366 e. The molecule has 0 aromatic heterocycles. The highest BCUT2D eigenvalue weighted by Crippen LogP contribution is 2.27. The summed E-state index contributed by atoms with van der Waals surface area (Å²) in [5, 5.41) is 2.77. The molecule has 6 nitrogen and oxygen atoms in total. The Morgan fingerprint density at radius 1 is 0.968 bits per heavy atom. The van der Waals surface area contributed by atoms with E-state index < -0.39 is 5.91 Å². The highest BCUT2D eigenvalue weighted by Gasteiger charge is 2.21. The smallest absolute Gasteiger partial charge is 0.250 e. The zero-order valence-electron chi connectivity index (χ0n) is 17.0. The average Bonchev–Trinajstić information content (AvgIpc) is 2.80. The van der Waals surface area contributed by atoms with E-state index in [4.69, 9.17) is 10.7 Å². The van der Waals surface area contributed by atoms with E-state index in [1.807, 2.05) is 66.7 Å². The van der Waals surface area contributed by atoms with Crippen molar-refractivity contribution in [3.63, 3.8) is 0 Å². The van der Waals surface area contributed by atoms with Crippen LogP contribution in [0.3, 0.4) is 0 Å². The van der Waals surface area contributed by atoms with Gasteiger partial charge in [0.2, 0.25) is 5.91 Å². The number of hydrogen-bond acceptors (Lipinski definition) is 4. The Kier molecular flexibility index (Phi) is 6.08. The van der Waals surface area contributed by atoms with Crippen molar-refractivity contribution in [2.75, 3.05) is 23.3 Å². The number of anilines is 2. The largest absolute Gasteiger partial charge is 0.366 e. The first-order valence-corrected chi connectivity index (χ1v) is 10.1. The van der Waals surface area contributed by atoms with Crippen LogP contribution in [0.15, 0.2) is 83.9 Å². The second kappa shape index (κ2) is 9.26. The van der Waals surface area contributed by atoms with E-state index >= 15 is 0 Å². The lowest BCUT2D eigenvalue weighted by Gasteiger charge is -2.30. The van der Waals surface area contributed by atoms with Crippen molar-refractivity contribution >= 4 is 29.0 Å². The number of nitrogens with one attached hydrogen (secondary N) is 1. The van der Waals surface area contributed by atoms with Gasteiger partial charge in [0, 0.05) is 24.3 Å². The summed E-state index contributed by atoms with van der Waals surface area (Å²) in [5.74, 6) is -0.0745. The number of aliphatic imine (C=N–C) groups is 1. The predicted molar refractivity (Wildman–Crippen MR) is 123 cm³/mol. The van der Waals surface area contributed by atoms with Gasteiger partial charge >= 0.3 is 0 Å². The van der Waals surface area contributed by atoms with Crippen LogP contribution in [-0.2, 0) is 4.79 Å². The van der Waals surface area contributed by atoms with Gasteiger partial charge < -0.3 is 16.0 Å². The summed E-state index contributed by atoms with van der Waals surface area (Å²) in [5.41, 5.74) is 8.86. The summed E-state index contributed by atoms with van der Waals surface area (Å²) < 4.78 is 0. The van der Waals surface area contributed by atoms with Gasteiger partial charge in [-0.05, 0) is 30.2 Å². The average molecular weight is 411 g/mol. The maximum absolute atomic E-state index is 12.4. The van der Waals surface area contributed by atoms with Gasteiger partial charge in [0.1, 0.15) is 5.84 Å². The summed E-state index contributed by atoms with van der Waals surface area (Å²) in [6.07, 6.45) is 2.39. The minimum atomic E-state index is -0.605. The first kappa shape index (κ1) is 20.3. The number of benzene rings is 3. The van der Waals surface area contributed by atoms with Gasteiger partial charge in [0.25, 0.3) is 5.91 Å². The molecule has 0 fully saturated rings. The van der Waals surface area contributed by atoms with Gasteiger partial charge in [-0.2, -0.15) is 0 Å². The van der Waals surface area contributed by atoms with E-state index in [0.29, 0.717) is 5.69 Å². The van der Waals surface area contributed by atoms with Crippen molar-refractivity contribution in [1.29, 1.82) is 0 Å². The molecule has 0 saturated heterocycles. The zero-order valence-corrected chi connectivity index (χ0v) is 17.0. The third-order valence-corrected chi connectivity index (χ3v) is 5.02. The van der Waals surface area contributed by atoms with Gasteiger partial charge in [-0.25, -0.2) is 0 Å². The lowest BCUT2D eigenvalue weighted by molar-refractivity contribution is -0.112. The molecule has 3 aromatic carbocycles. The fourth-order valence-corrected chi connectivity index (χ4v) is 3.57. The molecule has 0 spiro atoms. The van der Waals surface area contributed by atoms with Crippen molar-refractivity contribution in [3.8, 4) is 0 Å². The predicted octanol–water partition coefficient (Wildman–Crippen LogP) is 3.63. The van der Waals surface area contributed by atoms with Crippen LogP contribution in [0.1, 0.15) is 27.9 Å². The van der Waals surface area contributed by atoms with Gasteiger partial charge in [-0.1, -0.05) is 60.7 Å². The topological polar surface area (TPSA) is 87.8 Å². The monoisotopic (exact) mass is 411 g/mol. The normalized spacial score (nSPS) is 13.4. The molecular formula is C25H23N4O2. The lowest BCUT2D eigenvalue weighted by atomic mass is 10.1. The molecule has 6 heteroatoms. The minimum absolute atomic E-state index is 0.255. The molecule has 0 aliphatic carbocycles. The Hall–Kier alpha value is -3.93. The Morgan fingerprint density at radius 2 is 1.68 bits per heavy atom. The number of carbonyl (C=O) groups excluding carboxylic acids is 2. The molecule has 0 unspecified atom stereocenters. The van der Waals surface area contributed by atoms with Crippen LogP contribution in [0.5, 0.6) is 0 Å². The highest BCUT2D eigenvalue weighted by atomic mass is 16.2. The fraction of sp³-hybridized carbons (Fsp3) is 0.120. The van der Waals surface area contributed by atoms with Crippen LogP contribution in [-0.4, -0.2) is 30.7 Å². The van der Waals surface area contributed by atoms with E-state index in [1.54, 1.807) is 12.1 Å². The van der Waals surface area contributed by atoms with Crippen molar-refractivity contribution in [3.05, 3.63) is 102 Å². The van der Waals surface area contributed by atoms with Gasteiger partial charge in [0.05, 0.1) is 17.7 Å². The maximum atomic E-state index is 12.4. The summed E-state index contributed by atoms with van der Waals surface area (Å²) >= 11 is 0. The molecule has 0 bridgehead atoms. The molecule has 1 aliphatic rings. The van der Waals surface area contributed by atoms with E-state index in [1.165, 1.54) is 6.42 Å². The summed E-state index contributed by atoms with van der Waals surface area (Å²) in [6, 6.07) is 24.5. The van der Waals surface area contributed by atoms with Crippen LogP contribution >= 0.6 is 0 Å². The number of nitrogens with two attached hydrogens (primary N) is 1. The first-order chi connectivity index (χ1) is 15.1. The molecule has 3 N–H and O–H groups in total. The Bertz CT molecular complexity index is 1110. The van der Waals surface area contributed by atoms with Gasteiger partial charge in [0.15, 0.2) is 0 Å². The molecule has 4 rings (SSSR count). The molecule has 31 heavy (non-hydrogen) atoms. The molecule has 0 atom stereocenters. The van der Waals surface area contributed by atoms with E-state index in [2.05, 4.69) is 10.2 Å². The highest BCUT2D eigenvalue weighted by molar-refractivity contribution is 6.12. The quantitative estimate of drug-likeness (QED) is 0.649.